The average molecular weight is 381 g/mol. The Hall–Kier alpha value is -1.44. The lowest BCUT2D eigenvalue weighted by atomic mass is 10.0. The minimum absolute atomic E-state index is 0.00441. The Balaban J connectivity index is 1.83. The Bertz CT molecular complexity index is 762. The number of hydrogen-bond donors (Lipinski definition) is 1. The smallest absolute Gasteiger partial charge is 0.335 e. The Morgan fingerprint density at radius 2 is 1.73 bits per heavy atom. The third-order valence-electron chi connectivity index (χ3n) is 5.58. The minimum atomic E-state index is -3.69. The summed E-state index contributed by atoms with van der Waals surface area (Å²) in [5.74, 6) is -1.10. The number of sulfonamides is 1. The molecule has 2 fully saturated rings. The molecule has 144 valence electrons. The Morgan fingerprint density at radius 3 is 2.27 bits per heavy atom. The van der Waals surface area contributed by atoms with Crippen LogP contribution in [0.3, 0.4) is 0 Å². The third-order valence-corrected chi connectivity index (χ3v) is 7.54. The second-order valence-corrected chi connectivity index (χ2v) is 9.50. The lowest BCUT2D eigenvalue weighted by molar-refractivity contribution is 0.0696. The van der Waals surface area contributed by atoms with Crippen molar-refractivity contribution in [2.75, 3.05) is 26.2 Å². The molecule has 26 heavy (non-hydrogen) atoms. The molecule has 0 radical (unpaired) electrons. The van der Waals surface area contributed by atoms with Crippen molar-refractivity contribution in [2.24, 2.45) is 0 Å². The molecule has 3 rings (SSSR count). The van der Waals surface area contributed by atoms with Crippen molar-refractivity contribution in [2.45, 2.75) is 56.4 Å². The Kier molecular flexibility index (Phi) is 5.69. The second-order valence-electron chi connectivity index (χ2n) is 7.59. The quantitative estimate of drug-likeness (QED) is 0.850. The molecule has 2 heterocycles. The number of likely N-dealkylation sites (tertiary alicyclic amines) is 1. The van der Waals surface area contributed by atoms with E-state index in [-0.39, 0.29) is 16.4 Å². The van der Waals surface area contributed by atoms with Crippen LogP contribution in [0.4, 0.5) is 0 Å². The maximum Gasteiger partial charge on any atom is 0.335 e. The number of aromatic carboxylic acids is 1. The molecule has 0 aliphatic carbocycles. The number of carboxylic acids is 1. The van der Waals surface area contributed by atoms with Crippen LogP contribution < -0.4 is 0 Å². The van der Waals surface area contributed by atoms with Crippen molar-refractivity contribution in [3.63, 3.8) is 0 Å². The van der Waals surface area contributed by atoms with Gasteiger partial charge in [-0.1, -0.05) is 19.9 Å². The van der Waals surface area contributed by atoms with Crippen molar-refractivity contribution in [1.82, 2.24) is 9.21 Å². The molecule has 7 heteroatoms. The molecule has 0 amide bonds. The van der Waals surface area contributed by atoms with Crippen molar-refractivity contribution < 1.29 is 18.3 Å². The third kappa shape index (κ3) is 3.80. The van der Waals surface area contributed by atoms with Crippen molar-refractivity contribution >= 4 is 16.0 Å². The van der Waals surface area contributed by atoms with E-state index in [4.69, 9.17) is 0 Å². The number of nitrogens with zero attached hydrogens (tertiary/aromatic N) is 2. The lowest BCUT2D eigenvalue weighted by Crippen LogP contribution is -2.46. The van der Waals surface area contributed by atoms with Crippen LogP contribution in [-0.2, 0) is 10.0 Å². The van der Waals surface area contributed by atoms with Gasteiger partial charge in [-0.25, -0.2) is 13.2 Å². The summed E-state index contributed by atoms with van der Waals surface area (Å²) in [5, 5.41) is 9.26. The van der Waals surface area contributed by atoms with Crippen LogP contribution in [0, 0.1) is 0 Å². The van der Waals surface area contributed by atoms with E-state index in [1.54, 1.807) is 6.07 Å². The van der Waals surface area contributed by atoms with Crippen molar-refractivity contribution in [1.29, 1.82) is 0 Å². The number of piperidine rings is 1. The van der Waals surface area contributed by atoms with Gasteiger partial charge in [-0.15, -0.1) is 0 Å². The van der Waals surface area contributed by atoms with E-state index in [0.29, 0.717) is 24.7 Å². The molecule has 1 aromatic carbocycles. The summed E-state index contributed by atoms with van der Waals surface area (Å²) in [4.78, 5) is 13.9. The first-order valence-corrected chi connectivity index (χ1v) is 10.9. The molecular weight excluding hydrogens is 352 g/mol. The summed E-state index contributed by atoms with van der Waals surface area (Å²) < 4.78 is 28.0. The maximum absolute atomic E-state index is 13.2. The Labute approximate surface area is 155 Å². The Morgan fingerprint density at radius 1 is 1.12 bits per heavy atom. The minimum Gasteiger partial charge on any atom is -0.478 e. The number of benzene rings is 1. The predicted molar refractivity (Wildman–Crippen MR) is 100 cm³/mol. The molecule has 2 aliphatic heterocycles. The average Bonchev–Trinajstić information content (AvgIpc) is 3.15. The molecule has 0 unspecified atom stereocenters. The van der Waals surface area contributed by atoms with Crippen LogP contribution in [0.1, 0.15) is 61.4 Å². The monoisotopic (exact) mass is 380 g/mol. The topological polar surface area (TPSA) is 77.9 Å². The summed E-state index contributed by atoms with van der Waals surface area (Å²) in [6.07, 6.45) is 4.15. The van der Waals surface area contributed by atoms with Crippen molar-refractivity contribution in [3.05, 3.63) is 29.3 Å². The fourth-order valence-electron chi connectivity index (χ4n) is 4.06. The molecule has 0 spiro atoms. The molecule has 0 saturated carbocycles. The van der Waals surface area contributed by atoms with Crippen LogP contribution in [-0.4, -0.2) is 60.9 Å². The first-order chi connectivity index (χ1) is 12.3. The van der Waals surface area contributed by atoms with Gasteiger partial charge in [0.2, 0.25) is 10.0 Å². The summed E-state index contributed by atoms with van der Waals surface area (Å²) in [6, 6.07) is 4.91. The molecule has 6 nitrogen and oxygen atoms in total. The van der Waals surface area contributed by atoms with Gasteiger partial charge in [-0.3, -0.25) is 0 Å². The molecule has 2 aliphatic rings. The first kappa shape index (κ1) is 19.3. The van der Waals surface area contributed by atoms with Gasteiger partial charge in [0.05, 0.1) is 10.5 Å². The van der Waals surface area contributed by atoms with Crippen LogP contribution in [0.5, 0.6) is 0 Å². The van der Waals surface area contributed by atoms with Gasteiger partial charge in [0.1, 0.15) is 0 Å². The highest BCUT2D eigenvalue weighted by Gasteiger charge is 2.34. The SMILES string of the molecule is CC(C)c1ccc(C(=O)O)cc1S(=O)(=O)N1CCC(N2CCCC2)CC1. The van der Waals surface area contributed by atoms with E-state index < -0.39 is 16.0 Å². The number of carbonyl (C=O) groups is 1. The zero-order valence-electron chi connectivity index (χ0n) is 15.5. The molecule has 0 aromatic heterocycles. The van der Waals surface area contributed by atoms with Gasteiger partial charge in [-0.05, 0) is 62.4 Å². The van der Waals surface area contributed by atoms with Gasteiger partial charge in [0.15, 0.2) is 0 Å². The molecule has 1 N–H and O–H groups in total. The lowest BCUT2D eigenvalue weighted by Gasteiger charge is -2.36. The largest absolute Gasteiger partial charge is 0.478 e. The molecule has 0 atom stereocenters. The fraction of sp³-hybridized carbons (Fsp3) is 0.632. The van der Waals surface area contributed by atoms with E-state index >= 15 is 0 Å². The highest BCUT2D eigenvalue weighted by molar-refractivity contribution is 7.89. The van der Waals surface area contributed by atoms with Crippen molar-refractivity contribution in [3.8, 4) is 0 Å². The fourth-order valence-corrected chi connectivity index (χ4v) is 5.91. The highest BCUT2D eigenvalue weighted by atomic mass is 32.2. The first-order valence-electron chi connectivity index (χ1n) is 9.42. The highest BCUT2D eigenvalue weighted by Crippen LogP contribution is 2.30. The number of rotatable bonds is 5. The van der Waals surface area contributed by atoms with Crippen LogP contribution in [0.25, 0.3) is 0 Å². The van der Waals surface area contributed by atoms with E-state index in [1.807, 2.05) is 13.8 Å². The molecule has 0 bridgehead atoms. The zero-order chi connectivity index (χ0) is 18.9. The van der Waals surface area contributed by atoms with E-state index in [2.05, 4.69) is 4.90 Å². The van der Waals surface area contributed by atoms with E-state index in [0.717, 1.165) is 25.9 Å². The standard InChI is InChI=1S/C19H28N2O4S/c1-14(2)17-6-5-15(19(22)23)13-18(17)26(24,25)21-11-7-16(8-12-21)20-9-3-4-10-20/h5-6,13-14,16H,3-4,7-12H2,1-2H3,(H,22,23). The summed E-state index contributed by atoms with van der Waals surface area (Å²) in [7, 11) is -3.69. The number of carboxylic acid groups (broad SMARTS) is 1. The van der Waals surface area contributed by atoms with Crippen LogP contribution in [0.2, 0.25) is 0 Å². The van der Waals surface area contributed by atoms with Gasteiger partial charge >= 0.3 is 5.97 Å². The van der Waals surface area contributed by atoms with Gasteiger partial charge < -0.3 is 10.0 Å². The van der Waals surface area contributed by atoms with Gasteiger partial charge in [0, 0.05) is 19.1 Å². The molecule has 1 aromatic rings. The predicted octanol–water partition coefficient (Wildman–Crippen LogP) is 2.76. The normalized spacial score (nSPS) is 20.7. The molecular formula is C19H28N2O4S. The van der Waals surface area contributed by atoms with E-state index in [1.165, 1.54) is 29.3 Å². The summed E-state index contributed by atoms with van der Waals surface area (Å²) in [6.45, 7) is 7.09. The van der Waals surface area contributed by atoms with E-state index in [9.17, 15) is 18.3 Å². The zero-order valence-corrected chi connectivity index (χ0v) is 16.3. The summed E-state index contributed by atoms with van der Waals surface area (Å²) >= 11 is 0. The van der Waals surface area contributed by atoms with Gasteiger partial charge in [-0.2, -0.15) is 4.31 Å². The van der Waals surface area contributed by atoms with Gasteiger partial charge in [0.25, 0.3) is 0 Å². The van der Waals surface area contributed by atoms with Crippen LogP contribution >= 0.6 is 0 Å². The van der Waals surface area contributed by atoms with Crippen LogP contribution in [0.15, 0.2) is 23.1 Å². The summed E-state index contributed by atoms with van der Waals surface area (Å²) in [5.41, 5.74) is 0.691. The second kappa shape index (κ2) is 7.66. The number of hydrogen-bond acceptors (Lipinski definition) is 4. The molecule has 2 saturated heterocycles. The maximum atomic E-state index is 13.2.